The van der Waals surface area contributed by atoms with Crippen LogP contribution in [0.5, 0.6) is 0 Å². The standard InChI is InChI=1S/C20H21ClN2O5/c1-13(2)15-5-3-14(4-6-15)9-10-22-19(24)12-28-20(25)17-11-16(21)7-8-18(17)23(26)27/h3-8,11,13H,9-10,12H2,1-2H3,(H,22,24). The van der Waals surface area contributed by atoms with Gasteiger partial charge in [0.2, 0.25) is 0 Å². The lowest BCUT2D eigenvalue weighted by Gasteiger charge is -2.09. The molecule has 0 bridgehead atoms. The largest absolute Gasteiger partial charge is 0.452 e. The number of benzene rings is 2. The maximum absolute atomic E-state index is 12.0. The Bertz CT molecular complexity index is 865. The first-order valence-electron chi connectivity index (χ1n) is 8.74. The molecule has 0 saturated carbocycles. The summed E-state index contributed by atoms with van der Waals surface area (Å²) in [5.41, 5.74) is 1.60. The van der Waals surface area contributed by atoms with Crippen molar-refractivity contribution in [1.82, 2.24) is 5.32 Å². The van der Waals surface area contributed by atoms with E-state index in [2.05, 4.69) is 31.3 Å². The van der Waals surface area contributed by atoms with Crippen LogP contribution in [0.15, 0.2) is 42.5 Å². The van der Waals surface area contributed by atoms with Crippen LogP contribution in [0.4, 0.5) is 5.69 Å². The lowest BCUT2D eigenvalue weighted by molar-refractivity contribution is -0.385. The molecule has 0 radical (unpaired) electrons. The zero-order valence-corrected chi connectivity index (χ0v) is 16.4. The number of rotatable bonds is 8. The van der Waals surface area contributed by atoms with E-state index in [4.69, 9.17) is 16.3 Å². The summed E-state index contributed by atoms with van der Waals surface area (Å²) in [6, 6.07) is 11.7. The Hall–Kier alpha value is -2.93. The van der Waals surface area contributed by atoms with Crippen molar-refractivity contribution in [3.8, 4) is 0 Å². The molecule has 0 aliphatic rings. The molecular formula is C20H21ClN2O5. The van der Waals surface area contributed by atoms with E-state index in [0.717, 1.165) is 17.7 Å². The number of amides is 1. The number of halogens is 1. The lowest BCUT2D eigenvalue weighted by atomic mass is 10.0. The second kappa shape index (κ2) is 9.85. The van der Waals surface area contributed by atoms with Gasteiger partial charge in [-0.15, -0.1) is 0 Å². The number of carbonyl (C=O) groups excluding carboxylic acids is 2. The van der Waals surface area contributed by atoms with Gasteiger partial charge in [-0.1, -0.05) is 49.7 Å². The van der Waals surface area contributed by atoms with Crippen LogP contribution in [0.3, 0.4) is 0 Å². The van der Waals surface area contributed by atoms with Crippen molar-refractivity contribution in [3.05, 3.63) is 74.3 Å². The Morgan fingerprint density at radius 3 is 2.46 bits per heavy atom. The van der Waals surface area contributed by atoms with E-state index >= 15 is 0 Å². The number of carbonyl (C=O) groups is 2. The number of ether oxygens (including phenoxy) is 1. The summed E-state index contributed by atoms with van der Waals surface area (Å²) in [6.45, 7) is 4.09. The van der Waals surface area contributed by atoms with Crippen LogP contribution < -0.4 is 5.32 Å². The molecule has 2 aromatic carbocycles. The van der Waals surface area contributed by atoms with Gasteiger partial charge in [0.1, 0.15) is 5.56 Å². The Balaban J connectivity index is 1.82. The molecule has 2 aromatic rings. The van der Waals surface area contributed by atoms with Gasteiger partial charge in [-0.2, -0.15) is 0 Å². The molecular weight excluding hydrogens is 384 g/mol. The number of nitro benzene ring substituents is 1. The second-order valence-corrected chi connectivity index (χ2v) is 6.93. The van der Waals surface area contributed by atoms with E-state index in [9.17, 15) is 19.7 Å². The molecule has 0 atom stereocenters. The minimum Gasteiger partial charge on any atom is -0.452 e. The molecule has 0 saturated heterocycles. The van der Waals surface area contributed by atoms with Gasteiger partial charge in [0.05, 0.1) is 4.92 Å². The van der Waals surface area contributed by atoms with Crippen LogP contribution in [-0.2, 0) is 16.0 Å². The molecule has 1 N–H and O–H groups in total. The number of esters is 1. The fourth-order valence-corrected chi connectivity index (χ4v) is 2.68. The van der Waals surface area contributed by atoms with Crippen molar-refractivity contribution in [1.29, 1.82) is 0 Å². The first-order chi connectivity index (χ1) is 13.3. The highest BCUT2D eigenvalue weighted by molar-refractivity contribution is 6.31. The average Bonchev–Trinajstić information content (AvgIpc) is 2.66. The predicted molar refractivity (Wildman–Crippen MR) is 106 cm³/mol. The van der Waals surface area contributed by atoms with Crippen LogP contribution in [0, 0.1) is 10.1 Å². The second-order valence-electron chi connectivity index (χ2n) is 6.49. The minimum atomic E-state index is -0.978. The number of hydrogen-bond donors (Lipinski definition) is 1. The van der Waals surface area contributed by atoms with Crippen LogP contribution in [0.2, 0.25) is 5.02 Å². The van der Waals surface area contributed by atoms with Gasteiger partial charge >= 0.3 is 5.97 Å². The van der Waals surface area contributed by atoms with E-state index in [1.165, 1.54) is 11.6 Å². The van der Waals surface area contributed by atoms with Crippen LogP contribution in [-0.4, -0.2) is 30.0 Å². The third-order valence-corrected chi connectivity index (χ3v) is 4.33. The molecule has 0 aliphatic heterocycles. The first kappa shape index (κ1) is 21.4. The van der Waals surface area contributed by atoms with Crippen LogP contribution >= 0.6 is 11.6 Å². The van der Waals surface area contributed by atoms with Crippen molar-refractivity contribution in [3.63, 3.8) is 0 Å². The fraction of sp³-hybridized carbons (Fsp3) is 0.300. The molecule has 1 amide bonds. The smallest absolute Gasteiger partial charge is 0.345 e. The molecule has 7 nitrogen and oxygen atoms in total. The van der Waals surface area contributed by atoms with Gasteiger partial charge in [0.15, 0.2) is 6.61 Å². The average molecular weight is 405 g/mol. The summed E-state index contributed by atoms with van der Waals surface area (Å²) in [4.78, 5) is 34.2. The van der Waals surface area contributed by atoms with Gasteiger partial charge in [0.25, 0.3) is 11.6 Å². The molecule has 8 heteroatoms. The van der Waals surface area contributed by atoms with Crippen LogP contribution in [0.25, 0.3) is 0 Å². The topological polar surface area (TPSA) is 98.5 Å². The van der Waals surface area contributed by atoms with Crippen LogP contribution in [0.1, 0.15) is 41.3 Å². The van der Waals surface area contributed by atoms with Crippen molar-refractivity contribution < 1.29 is 19.2 Å². The summed E-state index contributed by atoms with van der Waals surface area (Å²) in [6.07, 6.45) is 0.637. The van der Waals surface area contributed by atoms with Gasteiger partial charge in [-0.25, -0.2) is 4.79 Å². The fourth-order valence-electron chi connectivity index (χ4n) is 2.51. The van der Waals surface area contributed by atoms with E-state index in [1.807, 2.05) is 12.1 Å². The molecule has 0 fully saturated rings. The van der Waals surface area contributed by atoms with Gasteiger partial charge in [-0.3, -0.25) is 14.9 Å². The molecule has 0 heterocycles. The molecule has 148 valence electrons. The third-order valence-electron chi connectivity index (χ3n) is 4.09. The number of hydrogen-bond acceptors (Lipinski definition) is 5. The summed E-state index contributed by atoms with van der Waals surface area (Å²) in [5.74, 6) is -1.01. The molecule has 0 aromatic heterocycles. The zero-order valence-electron chi connectivity index (χ0n) is 15.6. The summed E-state index contributed by atoms with van der Waals surface area (Å²) < 4.78 is 4.87. The summed E-state index contributed by atoms with van der Waals surface area (Å²) in [5, 5.41) is 13.8. The molecule has 0 spiro atoms. The van der Waals surface area contributed by atoms with E-state index in [1.54, 1.807) is 0 Å². The quantitative estimate of drug-likeness (QED) is 0.409. The Kier molecular flexibility index (Phi) is 7.52. The van der Waals surface area contributed by atoms with Crippen molar-refractivity contribution >= 4 is 29.2 Å². The van der Waals surface area contributed by atoms with Crippen molar-refractivity contribution in [2.75, 3.05) is 13.2 Å². The highest BCUT2D eigenvalue weighted by Crippen LogP contribution is 2.23. The molecule has 0 unspecified atom stereocenters. The molecule has 0 aliphatic carbocycles. The highest BCUT2D eigenvalue weighted by atomic mass is 35.5. The maximum atomic E-state index is 12.0. The Morgan fingerprint density at radius 2 is 1.86 bits per heavy atom. The monoisotopic (exact) mass is 404 g/mol. The van der Waals surface area contributed by atoms with E-state index < -0.39 is 29.1 Å². The number of nitro groups is 1. The molecule has 2 rings (SSSR count). The predicted octanol–water partition coefficient (Wildman–Crippen LogP) is 3.89. The van der Waals surface area contributed by atoms with Gasteiger partial charge in [-0.05, 0) is 35.6 Å². The highest BCUT2D eigenvalue weighted by Gasteiger charge is 2.22. The summed E-state index contributed by atoms with van der Waals surface area (Å²) >= 11 is 5.77. The molecule has 28 heavy (non-hydrogen) atoms. The van der Waals surface area contributed by atoms with Gasteiger partial charge < -0.3 is 10.1 Å². The maximum Gasteiger partial charge on any atom is 0.345 e. The van der Waals surface area contributed by atoms with Gasteiger partial charge in [0, 0.05) is 17.6 Å². The lowest BCUT2D eigenvalue weighted by Crippen LogP contribution is -2.30. The van der Waals surface area contributed by atoms with E-state index in [-0.39, 0.29) is 10.6 Å². The third kappa shape index (κ3) is 6.06. The summed E-state index contributed by atoms with van der Waals surface area (Å²) in [7, 11) is 0. The first-order valence-corrected chi connectivity index (χ1v) is 9.12. The number of nitrogens with zero attached hydrogens (tertiary/aromatic N) is 1. The minimum absolute atomic E-state index is 0.158. The normalized spacial score (nSPS) is 10.6. The van der Waals surface area contributed by atoms with Crippen molar-refractivity contribution in [2.45, 2.75) is 26.2 Å². The SMILES string of the molecule is CC(C)c1ccc(CCNC(=O)COC(=O)c2cc(Cl)ccc2[N+](=O)[O-])cc1. The Morgan fingerprint density at radius 1 is 1.18 bits per heavy atom. The zero-order chi connectivity index (χ0) is 20.7. The number of nitrogens with one attached hydrogen (secondary N) is 1. The van der Waals surface area contributed by atoms with E-state index in [0.29, 0.717) is 18.9 Å². The Labute approximate surface area is 167 Å². The van der Waals surface area contributed by atoms with Crippen molar-refractivity contribution in [2.24, 2.45) is 0 Å².